The number of carboxylic acids is 1. The largest absolute Gasteiger partial charge is 0.494 e. The SMILES string of the molecule is CCC(CC(=O)NC(C(=O)O)c1ccc(OC)c(F)c1)C(C)C. The Labute approximate surface area is 135 Å². The third-order valence-corrected chi connectivity index (χ3v) is 3.98. The number of hydrogen-bond donors (Lipinski definition) is 2. The van der Waals surface area contributed by atoms with Crippen LogP contribution in [0, 0.1) is 17.7 Å². The minimum absolute atomic E-state index is 0.0232. The van der Waals surface area contributed by atoms with E-state index in [9.17, 15) is 19.1 Å². The van der Waals surface area contributed by atoms with Gasteiger partial charge in [0, 0.05) is 6.42 Å². The van der Waals surface area contributed by atoms with E-state index in [2.05, 4.69) is 5.32 Å². The average molecular weight is 325 g/mol. The fraction of sp³-hybridized carbons (Fsp3) is 0.529. The van der Waals surface area contributed by atoms with Gasteiger partial charge in [0.25, 0.3) is 0 Å². The number of carbonyl (C=O) groups excluding carboxylic acids is 1. The number of amides is 1. The van der Waals surface area contributed by atoms with Crippen molar-refractivity contribution in [2.24, 2.45) is 11.8 Å². The van der Waals surface area contributed by atoms with Crippen molar-refractivity contribution in [2.75, 3.05) is 7.11 Å². The first kappa shape index (κ1) is 18.9. The highest BCUT2D eigenvalue weighted by Crippen LogP contribution is 2.23. The van der Waals surface area contributed by atoms with E-state index in [0.29, 0.717) is 5.92 Å². The van der Waals surface area contributed by atoms with Crippen LogP contribution in [0.5, 0.6) is 5.75 Å². The molecule has 0 aliphatic heterocycles. The van der Waals surface area contributed by atoms with Crippen LogP contribution in [0.2, 0.25) is 0 Å². The van der Waals surface area contributed by atoms with Crippen molar-refractivity contribution in [1.82, 2.24) is 5.32 Å². The lowest BCUT2D eigenvalue weighted by molar-refractivity contribution is -0.142. The number of carbonyl (C=O) groups is 2. The van der Waals surface area contributed by atoms with Gasteiger partial charge >= 0.3 is 5.97 Å². The molecular weight excluding hydrogens is 301 g/mol. The van der Waals surface area contributed by atoms with Gasteiger partial charge in [0.15, 0.2) is 17.6 Å². The van der Waals surface area contributed by atoms with Crippen LogP contribution >= 0.6 is 0 Å². The molecule has 2 atom stereocenters. The van der Waals surface area contributed by atoms with Crippen LogP contribution in [-0.4, -0.2) is 24.1 Å². The smallest absolute Gasteiger partial charge is 0.330 e. The van der Waals surface area contributed by atoms with Gasteiger partial charge in [-0.2, -0.15) is 0 Å². The maximum Gasteiger partial charge on any atom is 0.330 e. The van der Waals surface area contributed by atoms with Crippen molar-refractivity contribution in [3.63, 3.8) is 0 Å². The van der Waals surface area contributed by atoms with Crippen molar-refractivity contribution in [1.29, 1.82) is 0 Å². The van der Waals surface area contributed by atoms with Crippen LogP contribution in [0.15, 0.2) is 18.2 Å². The summed E-state index contributed by atoms with van der Waals surface area (Å²) in [4.78, 5) is 23.5. The molecule has 0 fully saturated rings. The van der Waals surface area contributed by atoms with Crippen molar-refractivity contribution < 1.29 is 23.8 Å². The Bertz CT molecular complexity index is 560. The van der Waals surface area contributed by atoms with Gasteiger partial charge < -0.3 is 15.2 Å². The molecule has 0 aliphatic carbocycles. The third kappa shape index (κ3) is 5.23. The molecule has 1 aromatic rings. The second-order valence-electron chi connectivity index (χ2n) is 5.85. The van der Waals surface area contributed by atoms with E-state index < -0.39 is 17.8 Å². The number of hydrogen-bond acceptors (Lipinski definition) is 3. The van der Waals surface area contributed by atoms with Crippen LogP contribution < -0.4 is 10.1 Å². The van der Waals surface area contributed by atoms with Crippen molar-refractivity contribution >= 4 is 11.9 Å². The molecule has 6 heteroatoms. The molecule has 0 saturated carbocycles. The van der Waals surface area contributed by atoms with E-state index in [-0.39, 0.29) is 29.6 Å². The number of methoxy groups -OCH3 is 1. The molecule has 0 aromatic heterocycles. The zero-order chi connectivity index (χ0) is 17.6. The Kier molecular flexibility index (Phi) is 7.00. The van der Waals surface area contributed by atoms with Gasteiger partial charge in [-0.1, -0.05) is 33.3 Å². The fourth-order valence-electron chi connectivity index (χ4n) is 2.46. The molecular formula is C17H24FNO4. The van der Waals surface area contributed by atoms with E-state index in [1.54, 1.807) is 0 Å². The van der Waals surface area contributed by atoms with Gasteiger partial charge in [0.1, 0.15) is 0 Å². The molecule has 0 saturated heterocycles. The van der Waals surface area contributed by atoms with Gasteiger partial charge in [-0.25, -0.2) is 9.18 Å². The summed E-state index contributed by atoms with van der Waals surface area (Å²) >= 11 is 0. The van der Waals surface area contributed by atoms with Crippen LogP contribution in [-0.2, 0) is 9.59 Å². The van der Waals surface area contributed by atoms with Gasteiger partial charge in [-0.05, 0) is 29.5 Å². The second-order valence-corrected chi connectivity index (χ2v) is 5.85. The predicted octanol–water partition coefficient (Wildman–Crippen LogP) is 3.15. The highest BCUT2D eigenvalue weighted by molar-refractivity contribution is 5.84. The monoisotopic (exact) mass is 325 g/mol. The molecule has 128 valence electrons. The number of aliphatic carboxylic acids is 1. The zero-order valence-corrected chi connectivity index (χ0v) is 13.9. The van der Waals surface area contributed by atoms with Gasteiger partial charge in [-0.15, -0.1) is 0 Å². The normalized spacial score (nSPS) is 13.5. The number of nitrogens with one attached hydrogen (secondary N) is 1. The highest BCUT2D eigenvalue weighted by atomic mass is 19.1. The number of ether oxygens (including phenoxy) is 1. The summed E-state index contributed by atoms with van der Waals surface area (Å²) in [5, 5.41) is 11.8. The third-order valence-electron chi connectivity index (χ3n) is 3.98. The minimum Gasteiger partial charge on any atom is -0.494 e. The van der Waals surface area contributed by atoms with Crippen LogP contribution in [0.4, 0.5) is 4.39 Å². The lowest BCUT2D eigenvalue weighted by atomic mass is 9.90. The fourth-order valence-corrected chi connectivity index (χ4v) is 2.46. The minimum atomic E-state index is -1.28. The molecule has 1 amide bonds. The molecule has 1 rings (SSSR count). The average Bonchev–Trinajstić information content (AvgIpc) is 2.49. The van der Waals surface area contributed by atoms with E-state index in [4.69, 9.17) is 4.74 Å². The van der Waals surface area contributed by atoms with Crippen molar-refractivity contribution in [3.05, 3.63) is 29.6 Å². The molecule has 0 aliphatic rings. The Morgan fingerprint density at radius 2 is 2.00 bits per heavy atom. The van der Waals surface area contributed by atoms with E-state index in [0.717, 1.165) is 12.5 Å². The molecule has 0 radical (unpaired) electrons. The van der Waals surface area contributed by atoms with Gasteiger partial charge in [0.05, 0.1) is 7.11 Å². The van der Waals surface area contributed by atoms with Crippen molar-refractivity contribution in [2.45, 2.75) is 39.7 Å². The maximum absolute atomic E-state index is 13.8. The Balaban J connectivity index is 2.89. The molecule has 5 nitrogen and oxygen atoms in total. The number of carboxylic acid groups (broad SMARTS) is 1. The standard InChI is InChI=1S/C17H24FNO4/c1-5-11(10(2)3)9-15(20)19-16(17(21)22)12-6-7-14(23-4)13(18)8-12/h6-8,10-11,16H,5,9H2,1-4H3,(H,19,20)(H,21,22). The van der Waals surface area contributed by atoms with Gasteiger partial charge in [0.2, 0.25) is 5.91 Å². The van der Waals surface area contributed by atoms with Crippen LogP contribution in [0.25, 0.3) is 0 Å². The second kappa shape index (κ2) is 8.50. The Hall–Kier alpha value is -2.11. The maximum atomic E-state index is 13.8. The first-order chi connectivity index (χ1) is 10.8. The summed E-state index contributed by atoms with van der Waals surface area (Å²) in [5.41, 5.74) is 0.168. The summed E-state index contributed by atoms with van der Waals surface area (Å²) in [6.07, 6.45) is 1.08. The highest BCUT2D eigenvalue weighted by Gasteiger charge is 2.25. The first-order valence-corrected chi connectivity index (χ1v) is 7.65. The Morgan fingerprint density at radius 1 is 1.35 bits per heavy atom. The number of rotatable bonds is 8. The summed E-state index contributed by atoms with van der Waals surface area (Å²) in [5.74, 6) is -1.73. The van der Waals surface area contributed by atoms with E-state index in [1.807, 2.05) is 20.8 Å². The summed E-state index contributed by atoms with van der Waals surface area (Å²) in [6, 6.07) is 2.56. The van der Waals surface area contributed by atoms with Crippen molar-refractivity contribution in [3.8, 4) is 5.75 Å². The summed E-state index contributed by atoms with van der Waals surface area (Å²) in [6.45, 7) is 6.04. The van der Waals surface area contributed by atoms with Crippen LogP contribution in [0.3, 0.4) is 0 Å². The zero-order valence-electron chi connectivity index (χ0n) is 13.9. The lowest BCUT2D eigenvalue weighted by Gasteiger charge is -2.21. The van der Waals surface area contributed by atoms with Crippen LogP contribution in [0.1, 0.15) is 45.2 Å². The molecule has 0 bridgehead atoms. The quantitative estimate of drug-likeness (QED) is 0.770. The summed E-state index contributed by atoms with van der Waals surface area (Å²) in [7, 11) is 1.32. The summed E-state index contributed by atoms with van der Waals surface area (Å²) < 4.78 is 18.6. The lowest BCUT2D eigenvalue weighted by Crippen LogP contribution is -2.35. The predicted molar refractivity (Wildman–Crippen MR) is 84.7 cm³/mol. The van der Waals surface area contributed by atoms with E-state index in [1.165, 1.54) is 19.2 Å². The van der Waals surface area contributed by atoms with E-state index >= 15 is 0 Å². The Morgan fingerprint density at radius 3 is 2.43 bits per heavy atom. The molecule has 0 heterocycles. The topological polar surface area (TPSA) is 75.6 Å². The molecule has 0 spiro atoms. The van der Waals surface area contributed by atoms with Gasteiger partial charge in [-0.3, -0.25) is 4.79 Å². The number of halogens is 1. The first-order valence-electron chi connectivity index (χ1n) is 7.65. The molecule has 2 N–H and O–H groups in total. The number of benzene rings is 1. The molecule has 2 unspecified atom stereocenters. The molecule has 23 heavy (non-hydrogen) atoms. The molecule has 1 aromatic carbocycles.